The third-order valence-corrected chi connectivity index (χ3v) is 2.79. The molecule has 18 heavy (non-hydrogen) atoms. The van der Waals surface area contributed by atoms with Crippen LogP contribution in [-0.2, 0) is 18.3 Å². The fourth-order valence-corrected chi connectivity index (χ4v) is 2.13. The molecule has 1 heterocycles. The van der Waals surface area contributed by atoms with Gasteiger partial charge in [-0.05, 0) is 24.6 Å². The van der Waals surface area contributed by atoms with Crippen molar-refractivity contribution in [1.82, 2.24) is 4.57 Å². The Hall–Kier alpha value is -2.04. The van der Waals surface area contributed by atoms with Gasteiger partial charge in [-0.3, -0.25) is 4.79 Å². The number of ether oxygens (including phenoxy) is 1. The van der Waals surface area contributed by atoms with Crippen LogP contribution in [0.4, 0.5) is 4.39 Å². The first-order chi connectivity index (χ1) is 8.54. The molecule has 1 aromatic heterocycles. The van der Waals surface area contributed by atoms with Gasteiger partial charge in [-0.1, -0.05) is 0 Å². The Morgan fingerprint density at radius 2 is 2.22 bits per heavy atom. The van der Waals surface area contributed by atoms with Crippen molar-refractivity contribution in [3.05, 3.63) is 29.7 Å². The number of amides is 1. The number of nitrogens with zero attached hydrogens (tertiary/aromatic N) is 1. The number of aromatic nitrogens is 1. The van der Waals surface area contributed by atoms with Gasteiger partial charge in [-0.2, -0.15) is 0 Å². The summed E-state index contributed by atoms with van der Waals surface area (Å²) in [6, 6.07) is 3.03. The van der Waals surface area contributed by atoms with Crippen LogP contribution in [0.15, 0.2) is 18.3 Å². The molecule has 4 nitrogen and oxygen atoms in total. The van der Waals surface area contributed by atoms with Crippen LogP contribution in [0, 0.1) is 5.82 Å². The molecule has 0 saturated heterocycles. The zero-order valence-electron chi connectivity index (χ0n) is 10.4. The van der Waals surface area contributed by atoms with Gasteiger partial charge >= 0.3 is 0 Å². The molecule has 0 saturated carbocycles. The van der Waals surface area contributed by atoms with Crippen molar-refractivity contribution >= 4 is 16.8 Å². The van der Waals surface area contributed by atoms with Gasteiger partial charge in [0, 0.05) is 18.6 Å². The van der Waals surface area contributed by atoms with Crippen molar-refractivity contribution < 1.29 is 13.9 Å². The fourth-order valence-electron chi connectivity index (χ4n) is 2.13. The molecule has 2 aromatic rings. The van der Waals surface area contributed by atoms with Crippen LogP contribution in [0.1, 0.15) is 12.5 Å². The van der Waals surface area contributed by atoms with Crippen LogP contribution in [0.5, 0.6) is 5.75 Å². The monoisotopic (exact) mass is 250 g/mol. The number of primary amides is 1. The molecule has 2 N–H and O–H groups in total. The van der Waals surface area contributed by atoms with E-state index >= 15 is 0 Å². The number of carbonyl (C=O) groups excluding carboxylic acids is 1. The summed E-state index contributed by atoms with van der Waals surface area (Å²) in [7, 11) is 1.83. The lowest BCUT2D eigenvalue weighted by Crippen LogP contribution is -2.13. The van der Waals surface area contributed by atoms with E-state index in [2.05, 4.69) is 0 Å². The lowest BCUT2D eigenvalue weighted by molar-refractivity contribution is -0.117. The van der Waals surface area contributed by atoms with Gasteiger partial charge in [-0.15, -0.1) is 0 Å². The zero-order valence-corrected chi connectivity index (χ0v) is 10.4. The Labute approximate surface area is 104 Å². The first-order valence-electron chi connectivity index (χ1n) is 5.72. The summed E-state index contributed by atoms with van der Waals surface area (Å²) in [5.74, 6) is -0.692. The molecule has 5 heteroatoms. The average Bonchev–Trinajstić information content (AvgIpc) is 2.59. The zero-order chi connectivity index (χ0) is 13.3. The summed E-state index contributed by atoms with van der Waals surface area (Å²) in [6.07, 6.45) is 1.85. The highest BCUT2D eigenvalue weighted by molar-refractivity contribution is 5.93. The minimum atomic E-state index is -0.450. The van der Waals surface area contributed by atoms with E-state index in [-0.39, 0.29) is 12.2 Å². The minimum absolute atomic E-state index is 0.0703. The molecule has 0 radical (unpaired) electrons. The summed E-state index contributed by atoms with van der Waals surface area (Å²) >= 11 is 0. The molecule has 0 bridgehead atoms. The maximum absolute atomic E-state index is 13.8. The van der Waals surface area contributed by atoms with E-state index in [9.17, 15) is 9.18 Å². The Balaban J connectivity index is 2.71. The number of hydrogen-bond donors (Lipinski definition) is 1. The first kappa shape index (κ1) is 12.4. The van der Waals surface area contributed by atoms with Crippen LogP contribution < -0.4 is 10.5 Å². The van der Waals surface area contributed by atoms with Crippen LogP contribution in [0.2, 0.25) is 0 Å². The van der Waals surface area contributed by atoms with E-state index < -0.39 is 11.7 Å². The number of nitrogens with two attached hydrogens (primary N) is 1. The third-order valence-electron chi connectivity index (χ3n) is 2.79. The molecule has 0 unspecified atom stereocenters. The van der Waals surface area contributed by atoms with Crippen molar-refractivity contribution in [2.24, 2.45) is 12.8 Å². The molecule has 0 aliphatic carbocycles. The number of fused-ring (bicyclic) bond motifs is 1. The molecule has 0 atom stereocenters. The molecule has 0 aliphatic rings. The molecule has 0 fully saturated rings. The third kappa shape index (κ3) is 2.03. The van der Waals surface area contributed by atoms with E-state index in [0.717, 1.165) is 5.52 Å². The van der Waals surface area contributed by atoms with E-state index in [1.54, 1.807) is 19.2 Å². The number of hydrogen-bond acceptors (Lipinski definition) is 2. The lowest BCUT2D eigenvalue weighted by Gasteiger charge is -2.08. The number of aryl methyl sites for hydroxylation is 1. The second kappa shape index (κ2) is 4.68. The predicted molar refractivity (Wildman–Crippen MR) is 66.9 cm³/mol. The van der Waals surface area contributed by atoms with Gasteiger partial charge < -0.3 is 15.0 Å². The number of halogens is 1. The summed E-state index contributed by atoms with van der Waals surface area (Å²) in [5.41, 5.74) is 6.70. The Kier molecular flexibility index (Phi) is 3.23. The predicted octanol–water partition coefficient (Wildman–Crippen LogP) is 1.74. The quantitative estimate of drug-likeness (QED) is 0.898. The first-order valence-corrected chi connectivity index (χ1v) is 5.72. The van der Waals surface area contributed by atoms with Gasteiger partial charge in [0.25, 0.3) is 0 Å². The second-order valence-corrected chi connectivity index (χ2v) is 4.11. The van der Waals surface area contributed by atoms with E-state index in [0.29, 0.717) is 17.6 Å². The largest absolute Gasteiger partial charge is 0.490 e. The van der Waals surface area contributed by atoms with Gasteiger partial charge in [0.05, 0.1) is 18.5 Å². The molecule has 1 amide bonds. The normalized spacial score (nSPS) is 10.8. The Morgan fingerprint density at radius 1 is 1.50 bits per heavy atom. The van der Waals surface area contributed by atoms with Gasteiger partial charge in [0.1, 0.15) is 0 Å². The smallest absolute Gasteiger partial charge is 0.221 e. The average molecular weight is 250 g/mol. The SMILES string of the molecule is CCOc1c(F)ccc2c1c(CC(N)=O)cn2C. The number of carbonyl (C=O) groups is 1. The van der Waals surface area contributed by atoms with Crippen LogP contribution >= 0.6 is 0 Å². The van der Waals surface area contributed by atoms with E-state index in [4.69, 9.17) is 10.5 Å². The van der Waals surface area contributed by atoms with Crippen molar-refractivity contribution in [3.8, 4) is 5.75 Å². The molecule has 1 aromatic carbocycles. The van der Waals surface area contributed by atoms with E-state index in [1.165, 1.54) is 6.07 Å². The Bertz CT molecular complexity index is 605. The van der Waals surface area contributed by atoms with Crippen LogP contribution in [0.3, 0.4) is 0 Å². The van der Waals surface area contributed by atoms with Gasteiger partial charge in [0.2, 0.25) is 5.91 Å². The Morgan fingerprint density at radius 3 is 2.83 bits per heavy atom. The fraction of sp³-hybridized carbons (Fsp3) is 0.308. The molecular weight excluding hydrogens is 235 g/mol. The molecular formula is C13H15FN2O2. The van der Waals surface area contributed by atoms with Gasteiger partial charge in [-0.25, -0.2) is 4.39 Å². The highest BCUT2D eigenvalue weighted by Crippen LogP contribution is 2.33. The summed E-state index contributed by atoms with van der Waals surface area (Å²) in [4.78, 5) is 11.1. The maximum atomic E-state index is 13.8. The lowest BCUT2D eigenvalue weighted by atomic mass is 10.1. The van der Waals surface area contributed by atoms with E-state index in [1.807, 2.05) is 11.6 Å². The molecule has 0 aliphatic heterocycles. The molecule has 2 rings (SSSR count). The van der Waals surface area contributed by atoms with Crippen molar-refractivity contribution in [2.45, 2.75) is 13.3 Å². The summed E-state index contributed by atoms with van der Waals surface area (Å²) in [6.45, 7) is 2.15. The highest BCUT2D eigenvalue weighted by Gasteiger charge is 2.17. The number of rotatable bonds is 4. The van der Waals surface area contributed by atoms with Crippen molar-refractivity contribution in [2.75, 3.05) is 6.61 Å². The number of benzene rings is 1. The molecule has 96 valence electrons. The summed E-state index contributed by atoms with van der Waals surface area (Å²) in [5, 5.41) is 0.623. The summed E-state index contributed by atoms with van der Waals surface area (Å²) < 4.78 is 21.0. The van der Waals surface area contributed by atoms with Crippen molar-refractivity contribution in [3.63, 3.8) is 0 Å². The second-order valence-electron chi connectivity index (χ2n) is 4.11. The minimum Gasteiger partial charge on any atom is -0.490 e. The van der Waals surface area contributed by atoms with Crippen LogP contribution in [0.25, 0.3) is 10.9 Å². The highest BCUT2D eigenvalue weighted by atomic mass is 19.1. The standard InChI is InChI=1S/C13H15FN2O2/c1-3-18-13-9(14)4-5-10-12(13)8(6-11(15)17)7-16(10)2/h4-5,7H,3,6H2,1-2H3,(H2,15,17). The van der Waals surface area contributed by atoms with Crippen LogP contribution in [-0.4, -0.2) is 17.1 Å². The maximum Gasteiger partial charge on any atom is 0.221 e. The molecule has 0 spiro atoms. The van der Waals surface area contributed by atoms with Crippen molar-refractivity contribution in [1.29, 1.82) is 0 Å². The van der Waals surface area contributed by atoms with Gasteiger partial charge in [0.15, 0.2) is 11.6 Å². The topological polar surface area (TPSA) is 57.2 Å².